The molecule has 18 heteroatoms. The minimum atomic E-state index is -6.75. The molecule has 256 valence electrons. The van der Waals surface area contributed by atoms with Crippen molar-refractivity contribution in [1.82, 2.24) is 0 Å². The Kier molecular flexibility index (Phi) is 9.63. The Morgan fingerprint density at radius 1 is 0.958 bits per heavy atom. The maximum absolute atomic E-state index is 16.1. The molecule has 0 aromatic heterocycles. The van der Waals surface area contributed by atoms with E-state index in [0.717, 1.165) is 23.1 Å². The van der Waals surface area contributed by atoms with Crippen LogP contribution in [0.5, 0.6) is 0 Å². The Hall–Kier alpha value is -3.91. The molecule has 5 nitrogen and oxygen atoms in total. The van der Waals surface area contributed by atoms with Crippen molar-refractivity contribution in [2.75, 3.05) is 10.2 Å². The Bertz CT molecular complexity index is 1780. The highest BCUT2D eigenvalue weighted by Gasteiger charge is 2.73. The van der Waals surface area contributed by atoms with Crippen molar-refractivity contribution in [1.29, 1.82) is 5.26 Å². The summed E-state index contributed by atoms with van der Waals surface area (Å²) < 4.78 is 151. The van der Waals surface area contributed by atoms with Gasteiger partial charge in [-0.25, -0.2) is 8.78 Å². The first-order chi connectivity index (χ1) is 22.0. The summed E-state index contributed by atoms with van der Waals surface area (Å²) in [5, 5.41) is 10.7. The maximum Gasteiger partial charge on any atom is 0.435 e. The first-order valence-corrected chi connectivity index (χ1v) is 14.5. The van der Waals surface area contributed by atoms with Crippen LogP contribution >= 0.6 is 27.5 Å². The third kappa shape index (κ3) is 6.69. The highest BCUT2D eigenvalue weighted by atomic mass is 79.9. The lowest BCUT2D eigenvalue weighted by molar-refractivity contribution is -0.348. The van der Waals surface area contributed by atoms with Gasteiger partial charge in [0.15, 0.2) is 5.82 Å². The number of carbonyl (C=O) groups excluding carboxylic acids is 2. The van der Waals surface area contributed by atoms with Gasteiger partial charge >= 0.3 is 24.2 Å². The first-order valence-electron chi connectivity index (χ1n) is 13.3. The van der Waals surface area contributed by atoms with Gasteiger partial charge in [-0.05, 0) is 84.2 Å². The number of rotatable bonds is 7. The summed E-state index contributed by atoms with van der Waals surface area (Å²) in [7, 11) is 0. The first kappa shape index (κ1) is 36.9. The molecule has 4 rings (SSSR count). The van der Waals surface area contributed by atoms with Crippen LogP contribution in [0.15, 0.2) is 59.1 Å². The molecule has 0 spiro atoms. The van der Waals surface area contributed by atoms with Gasteiger partial charge in [-0.2, -0.15) is 44.8 Å². The summed E-state index contributed by atoms with van der Waals surface area (Å²) in [6.45, 7) is 1.48. The molecule has 1 aliphatic rings. The Labute approximate surface area is 277 Å². The van der Waals surface area contributed by atoms with Crippen LogP contribution in [-0.2, 0) is 11.8 Å². The van der Waals surface area contributed by atoms with Crippen LogP contribution in [0.1, 0.15) is 57.2 Å². The molecule has 0 bridgehead atoms. The standard InChI is InChI=1S/C30H18BrClF11N3O2/c1-14(26(32)9-10-26)46(25(48)16-7-5-15(13-44)6-8-16)21-4-2-3-18(22(21)33)24(47)45-23-19(28(35,36)37)11-17(12-20(23)31)27(34,29(38,39)40)30(41,42)43/h2-8,11-12,14H,9-10H2,1H3,(H,45,47). The second-order valence-corrected chi connectivity index (χ2v) is 12.3. The van der Waals surface area contributed by atoms with Crippen LogP contribution in [0.3, 0.4) is 0 Å². The number of nitrogens with zero attached hydrogens (tertiary/aromatic N) is 2. The predicted molar refractivity (Wildman–Crippen MR) is 154 cm³/mol. The van der Waals surface area contributed by atoms with Crippen LogP contribution in [0, 0.1) is 17.1 Å². The number of nitrogens with one attached hydrogen (secondary N) is 1. The average Bonchev–Trinajstić information content (AvgIpc) is 3.74. The van der Waals surface area contributed by atoms with E-state index in [1.54, 1.807) is 5.32 Å². The van der Waals surface area contributed by atoms with Crippen molar-refractivity contribution < 1.29 is 57.9 Å². The topological polar surface area (TPSA) is 73.2 Å². The van der Waals surface area contributed by atoms with Crippen molar-refractivity contribution in [3.05, 3.63) is 92.7 Å². The lowest BCUT2D eigenvalue weighted by Gasteiger charge is -2.33. The summed E-state index contributed by atoms with van der Waals surface area (Å²) in [6, 6.07) is 7.98. The summed E-state index contributed by atoms with van der Waals surface area (Å²) in [6.07, 6.45) is -18.5. The van der Waals surface area contributed by atoms with Crippen molar-refractivity contribution in [3.63, 3.8) is 0 Å². The fourth-order valence-electron chi connectivity index (χ4n) is 4.80. The zero-order chi connectivity index (χ0) is 36.2. The normalized spacial score (nSPS) is 15.4. The molecular formula is C30H18BrClF11N3O2. The number of hydrogen-bond donors (Lipinski definition) is 1. The molecule has 1 unspecified atom stereocenters. The van der Waals surface area contributed by atoms with Crippen LogP contribution in [0.4, 0.5) is 59.7 Å². The molecule has 1 aliphatic carbocycles. The van der Waals surface area contributed by atoms with E-state index in [9.17, 15) is 53.5 Å². The van der Waals surface area contributed by atoms with Crippen molar-refractivity contribution in [2.24, 2.45) is 0 Å². The number of anilines is 2. The molecule has 1 saturated carbocycles. The van der Waals surface area contributed by atoms with Gasteiger partial charge in [0.25, 0.3) is 11.8 Å². The summed E-state index contributed by atoms with van der Waals surface area (Å²) in [5.74, 6) is -3.96. The number of nitriles is 1. The second kappa shape index (κ2) is 12.5. The van der Waals surface area contributed by atoms with Crippen molar-refractivity contribution in [2.45, 2.75) is 54.9 Å². The minimum absolute atomic E-state index is 0.0310. The number of hydrogen-bond acceptors (Lipinski definition) is 3. The smallest absolute Gasteiger partial charge is 0.320 e. The van der Waals surface area contributed by atoms with Crippen molar-refractivity contribution >= 4 is 50.7 Å². The molecule has 1 N–H and O–H groups in total. The largest absolute Gasteiger partial charge is 0.435 e. The van der Waals surface area contributed by atoms with Gasteiger partial charge in [0.2, 0.25) is 0 Å². The highest BCUT2D eigenvalue weighted by molar-refractivity contribution is 9.10. The van der Waals surface area contributed by atoms with E-state index in [-0.39, 0.29) is 17.2 Å². The van der Waals surface area contributed by atoms with Crippen LogP contribution in [0.25, 0.3) is 0 Å². The zero-order valence-corrected chi connectivity index (χ0v) is 26.2. The van der Waals surface area contributed by atoms with Gasteiger partial charge in [0, 0.05) is 15.6 Å². The maximum atomic E-state index is 16.1. The van der Waals surface area contributed by atoms with E-state index in [1.807, 2.05) is 6.07 Å². The Balaban J connectivity index is 1.81. The fourth-order valence-corrected chi connectivity index (χ4v) is 5.55. The fraction of sp³-hybridized carbons (Fsp3) is 0.300. The number of carbonyl (C=O) groups is 2. The predicted octanol–water partition coefficient (Wildman–Crippen LogP) is 9.83. The second-order valence-electron chi connectivity index (χ2n) is 10.7. The van der Waals surface area contributed by atoms with Crippen LogP contribution < -0.4 is 10.2 Å². The van der Waals surface area contributed by atoms with Gasteiger partial charge in [-0.1, -0.05) is 6.07 Å². The summed E-state index contributed by atoms with van der Waals surface area (Å²) in [4.78, 5) is 26.7. The number of benzene rings is 3. The van der Waals surface area contributed by atoms with E-state index in [1.165, 1.54) is 31.2 Å². The van der Waals surface area contributed by atoms with Gasteiger partial charge in [0.05, 0.1) is 45.1 Å². The quantitative estimate of drug-likeness (QED) is 0.192. The molecule has 3 aromatic rings. The molecular weight excluding hydrogens is 759 g/mol. The SMILES string of the molecule is CC(N(C(=O)c1ccc(C#N)cc1)c1cccc(C(=O)Nc2c(Br)cc(C(F)(C(F)(F)F)C(F)(F)F)cc2C(F)(F)F)c1F)C1(Cl)CC1. The molecule has 1 atom stereocenters. The van der Waals surface area contributed by atoms with Crippen molar-refractivity contribution in [3.8, 4) is 6.07 Å². The molecule has 0 aliphatic heterocycles. The molecule has 0 saturated heterocycles. The van der Waals surface area contributed by atoms with E-state index >= 15 is 4.39 Å². The molecule has 2 amide bonds. The van der Waals surface area contributed by atoms with E-state index in [4.69, 9.17) is 16.9 Å². The summed E-state index contributed by atoms with van der Waals surface area (Å²) in [5.41, 5.74) is -13.9. The molecule has 1 fully saturated rings. The molecule has 0 heterocycles. The van der Waals surface area contributed by atoms with Gasteiger partial charge in [-0.15, -0.1) is 11.6 Å². The van der Waals surface area contributed by atoms with Crippen LogP contribution in [0.2, 0.25) is 0 Å². The van der Waals surface area contributed by atoms with E-state index < -0.39 is 91.3 Å². The average molecular weight is 777 g/mol. The Morgan fingerprint density at radius 2 is 1.52 bits per heavy atom. The third-order valence-electron chi connectivity index (χ3n) is 7.64. The molecule has 48 heavy (non-hydrogen) atoms. The van der Waals surface area contributed by atoms with Gasteiger partial charge in [0.1, 0.15) is 0 Å². The number of halogens is 13. The monoisotopic (exact) mass is 775 g/mol. The third-order valence-corrected chi connectivity index (χ3v) is 8.96. The number of alkyl halides is 11. The number of amides is 2. The zero-order valence-electron chi connectivity index (χ0n) is 23.8. The minimum Gasteiger partial charge on any atom is -0.320 e. The highest BCUT2D eigenvalue weighted by Crippen LogP contribution is 2.55. The Morgan fingerprint density at radius 3 is 2.00 bits per heavy atom. The molecule has 3 aromatic carbocycles. The van der Waals surface area contributed by atoms with E-state index in [2.05, 4.69) is 15.9 Å². The lowest BCUT2D eigenvalue weighted by atomic mass is 9.92. The van der Waals surface area contributed by atoms with Gasteiger partial charge < -0.3 is 10.2 Å². The van der Waals surface area contributed by atoms with Gasteiger partial charge in [-0.3, -0.25) is 9.59 Å². The summed E-state index contributed by atoms with van der Waals surface area (Å²) >= 11 is 8.92. The lowest BCUT2D eigenvalue weighted by Crippen LogP contribution is -2.50. The van der Waals surface area contributed by atoms with E-state index in [0.29, 0.717) is 12.8 Å². The molecule has 0 radical (unpaired) electrons. The van der Waals surface area contributed by atoms with Crippen LogP contribution in [-0.4, -0.2) is 35.1 Å².